The average Bonchev–Trinajstić information content (AvgIpc) is 2.86. The molecule has 3 rings (SSSR count). The van der Waals surface area contributed by atoms with E-state index in [4.69, 9.17) is 18.9 Å². The normalized spacial score (nSPS) is 13.4. The minimum atomic E-state index is -0.507. The number of ether oxygens (including phenoxy) is 4. The number of rotatable bonds is 7. The summed E-state index contributed by atoms with van der Waals surface area (Å²) >= 11 is 0.915. The van der Waals surface area contributed by atoms with E-state index in [1.807, 2.05) is 18.2 Å². The lowest BCUT2D eigenvalue weighted by Crippen LogP contribution is -2.47. The molecule has 1 amide bonds. The Morgan fingerprint density at radius 3 is 2.12 bits per heavy atom. The fraction of sp³-hybridized carbons (Fsp3) is 0.409. The molecule has 1 aliphatic heterocycles. The standard InChI is InChI=1S/C22H28N4O6S/c1-14-18(21(27)32-5)13-19(20(23-14)31-4)24-33-22(28)26-8-6-25(7-9-26)15-10-16(29-2)12-17(11-15)30-3/h10-13,24H,6-9H2,1-5H3. The van der Waals surface area contributed by atoms with Gasteiger partial charge in [0.15, 0.2) is 0 Å². The largest absolute Gasteiger partial charge is 0.497 e. The van der Waals surface area contributed by atoms with E-state index in [9.17, 15) is 9.59 Å². The number of pyridine rings is 1. The molecule has 1 fully saturated rings. The van der Waals surface area contributed by atoms with Crippen LogP contribution in [0.25, 0.3) is 0 Å². The van der Waals surface area contributed by atoms with Gasteiger partial charge in [0.05, 0.1) is 39.7 Å². The Bertz CT molecular complexity index is 988. The summed E-state index contributed by atoms with van der Waals surface area (Å²) in [5, 5.41) is -0.139. The number of amides is 1. The van der Waals surface area contributed by atoms with Crippen LogP contribution < -0.4 is 23.8 Å². The summed E-state index contributed by atoms with van der Waals surface area (Å²) in [5.41, 5.74) is 2.18. The second-order valence-electron chi connectivity index (χ2n) is 7.18. The van der Waals surface area contributed by atoms with Gasteiger partial charge in [0.2, 0.25) is 5.88 Å². The first-order valence-corrected chi connectivity index (χ1v) is 11.1. The first-order valence-electron chi connectivity index (χ1n) is 10.2. The van der Waals surface area contributed by atoms with Gasteiger partial charge in [-0.05, 0) is 13.0 Å². The third-order valence-electron chi connectivity index (χ3n) is 5.26. The summed E-state index contributed by atoms with van der Waals surface area (Å²) in [6, 6.07) is 7.30. The van der Waals surface area contributed by atoms with Gasteiger partial charge in [0.1, 0.15) is 17.2 Å². The van der Waals surface area contributed by atoms with Crippen LogP contribution in [0.1, 0.15) is 16.1 Å². The van der Waals surface area contributed by atoms with Crippen molar-refractivity contribution in [1.82, 2.24) is 9.88 Å². The summed E-state index contributed by atoms with van der Waals surface area (Å²) in [6.45, 7) is 4.15. The number of hydrogen-bond acceptors (Lipinski definition) is 10. The van der Waals surface area contributed by atoms with E-state index in [-0.39, 0.29) is 11.1 Å². The predicted molar refractivity (Wildman–Crippen MR) is 127 cm³/mol. The highest BCUT2D eigenvalue weighted by molar-refractivity contribution is 8.14. The first kappa shape index (κ1) is 24.3. The number of aromatic nitrogens is 1. The molecule has 11 heteroatoms. The zero-order chi connectivity index (χ0) is 24.0. The van der Waals surface area contributed by atoms with E-state index < -0.39 is 5.97 Å². The van der Waals surface area contributed by atoms with E-state index >= 15 is 0 Å². The highest BCUT2D eigenvalue weighted by Crippen LogP contribution is 2.30. The zero-order valence-electron chi connectivity index (χ0n) is 19.3. The maximum absolute atomic E-state index is 12.8. The maximum atomic E-state index is 12.8. The topological polar surface area (TPSA) is 102 Å². The highest BCUT2D eigenvalue weighted by atomic mass is 32.2. The molecule has 1 aliphatic rings. The molecule has 0 unspecified atom stereocenters. The number of aryl methyl sites for hydroxylation is 1. The Morgan fingerprint density at radius 1 is 0.939 bits per heavy atom. The molecular weight excluding hydrogens is 448 g/mol. The molecule has 10 nitrogen and oxygen atoms in total. The molecule has 1 aromatic carbocycles. The molecule has 0 bridgehead atoms. The van der Waals surface area contributed by atoms with E-state index in [1.54, 1.807) is 32.1 Å². The predicted octanol–water partition coefficient (Wildman–Crippen LogP) is 3.20. The smallest absolute Gasteiger partial charge is 0.339 e. The van der Waals surface area contributed by atoms with E-state index in [0.29, 0.717) is 43.1 Å². The van der Waals surface area contributed by atoms with Crippen LogP contribution in [0.15, 0.2) is 24.3 Å². The summed E-state index contributed by atoms with van der Waals surface area (Å²) in [5.74, 6) is 1.22. The van der Waals surface area contributed by atoms with Crippen molar-refractivity contribution in [2.24, 2.45) is 0 Å². The fourth-order valence-electron chi connectivity index (χ4n) is 3.41. The molecule has 0 saturated carbocycles. The van der Waals surface area contributed by atoms with E-state index in [0.717, 1.165) is 29.1 Å². The van der Waals surface area contributed by atoms with Gasteiger partial charge >= 0.3 is 11.2 Å². The Balaban J connectivity index is 1.62. The molecule has 1 N–H and O–H groups in total. The molecule has 0 aliphatic carbocycles. The van der Waals surface area contributed by atoms with Crippen LogP contribution in [0.4, 0.5) is 16.2 Å². The van der Waals surface area contributed by atoms with Crippen molar-refractivity contribution in [1.29, 1.82) is 0 Å². The number of esters is 1. The lowest BCUT2D eigenvalue weighted by Gasteiger charge is -2.36. The van der Waals surface area contributed by atoms with Crippen LogP contribution in [0.5, 0.6) is 17.4 Å². The van der Waals surface area contributed by atoms with Crippen LogP contribution in [-0.2, 0) is 4.74 Å². The molecule has 0 atom stereocenters. The molecule has 2 heterocycles. The molecule has 1 aromatic heterocycles. The molecule has 2 aromatic rings. The van der Waals surface area contributed by atoms with Crippen molar-refractivity contribution >= 4 is 34.5 Å². The van der Waals surface area contributed by atoms with Crippen LogP contribution in [0.2, 0.25) is 0 Å². The fourth-order valence-corrected chi connectivity index (χ4v) is 4.07. The number of nitrogens with one attached hydrogen (secondary N) is 1. The first-order chi connectivity index (χ1) is 15.9. The van der Waals surface area contributed by atoms with Crippen molar-refractivity contribution in [3.05, 3.63) is 35.5 Å². The van der Waals surface area contributed by atoms with Gasteiger partial charge in [0, 0.05) is 62.0 Å². The van der Waals surface area contributed by atoms with E-state index in [1.165, 1.54) is 14.2 Å². The third-order valence-corrected chi connectivity index (χ3v) is 6.02. The minimum absolute atomic E-state index is 0.139. The SMILES string of the molecule is COC(=O)c1cc(NSC(=O)N2CCN(c3cc(OC)cc(OC)c3)CC2)c(OC)nc1C. The third kappa shape index (κ3) is 5.72. The number of anilines is 2. The van der Waals surface area contributed by atoms with Gasteiger partial charge in [-0.25, -0.2) is 9.78 Å². The van der Waals surface area contributed by atoms with Gasteiger partial charge in [-0.2, -0.15) is 0 Å². The summed E-state index contributed by atoms with van der Waals surface area (Å²) in [7, 11) is 6.01. The van der Waals surface area contributed by atoms with Crippen molar-refractivity contribution in [2.75, 3.05) is 64.2 Å². The van der Waals surface area contributed by atoms with Crippen LogP contribution in [0, 0.1) is 6.92 Å². The lowest BCUT2D eigenvalue weighted by atomic mass is 10.2. The van der Waals surface area contributed by atoms with Gasteiger partial charge in [-0.3, -0.25) is 4.79 Å². The summed E-state index contributed by atoms with van der Waals surface area (Å²) in [6.07, 6.45) is 0. The van der Waals surface area contributed by atoms with Crippen molar-refractivity contribution in [3.63, 3.8) is 0 Å². The number of carbonyl (C=O) groups excluding carboxylic acids is 2. The zero-order valence-corrected chi connectivity index (χ0v) is 20.2. The number of carbonyl (C=O) groups is 2. The van der Waals surface area contributed by atoms with Gasteiger partial charge in [0.25, 0.3) is 0 Å². The summed E-state index contributed by atoms with van der Waals surface area (Å²) in [4.78, 5) is 33.0. The van der Waals surface area contributed by atoms with Crippen LogP contribution >= 0.6 is 11.9 Å². The number of nitrogens with zero attached hydrogens (tertiary/aromatic N) is 3. The summed E-state index contributed by atoms with van der Waals surface area (Å²) < 4.78 is 23.7. The van der Waals surface area contributed by atoms with Crippen molar-refractivity contribution < 1.29 is 28.5 Å². The average molecular weight is 477 g/mol. The molecule has 0 radical (unpaired) electrons. The Labute approximate surface area is 197 Å². The Morgan fingerprint density at radius 2 is 1.58 bits per heavy atom. The molecule has 33 heavy (non-hydrogen) atoms. The second-order valence-corrected chi connectivity index (χ2v) is 7.94. The van der Waals surface area contributed by atoms with Crippen molar-refractivity contribution in [3.8, 4) is 17.4 Å². The number of piperazine rings is 1. The molecular formula is C22H28N4O6S. The highest BCUT2D eigenvalue weighted by Gasteiger charge is 2.24. The lowest BCUT2D eigenvalue weighted by molar-refractivity contribution is 0.0599. The van der Waals surface area contributed by atoms with E-state index in [2.05, 4.69) is 14.6 Å². The second kappa shape index (κ2) is 11.0. The number of benzene rings is 1. The van der Waals surface area contributed by atoms with Gasteiger partial charge < -0.3 is 33.5 Å². The quantitative estimate of drug-likeness (QED) is 0.473. The maximum Gasteiger partial charge on any atom is 0.339 e. The number of hydrogen-bond donors (Lipinski definition) is 1. The van der Waals surface area contributed by atoms with Crippen molar-refractivity contribution in [2.45, 2.75) is 6.92 Å². The number of methoxy groups -OCH3 is 4. The molecule has 1 saturated heterocycles. The monoisotopic (exact) mass is 476 g/mol. The van der Waals surface area contributed by atoms with Crippen LogP contribution in [0.3, 0.4) is 0 Å². The van der Waals surface area contributed by atoms with Gasteiger partial charge in [-0.1, -0.05) is 0 Å². The van der Waals surface area contributed by atoms with Gasteiger partial charge in [-0.15, -0.1) is 0 Å². The Hall–Kier alpha value is -3.34. The molecule has 0 spiro atoms. The Kier molecular flexibility index (Phi) is 8.10. The van der Waals surface area contributed by atoms with Crippen LogP contribution in [-0.4, -0.2) is 75.7 Å². The minimum Gasteiger partial charge on any atom is -0.497 e. The molecule has 178 valence electrons.